The lowest BCUT2D eigenvalue weighted by Crippen LogP contribution is -2.32. The van der Waals surface area contributed by atoms with Gasteiger partial charge in [0.25, 0.3) is 0 Å². The van der Waals surface area contributed by atoms with Crippen LogP contribution in [-0.2, 0) is 13.1 Å². The quantitative estimate of drug-likeness (QED) is 0.905. The highest BCUT2D eigenvalue weighted by molar-refractivity contribution is 5.87. The zero-order valence-electron chi connectivity index (χ0n) is 12.2. The summed E-state index contributed by atoms with van der Waals surface area (Å²) in [5, 5.41) is 9.09. The minimum Gasteiger partial charge on any atom is -0.490 e. The summed E-state index contributed by atoms with van der Waals surface area (Å²) in [4.78, 5) is 13.3. The predicted molar refractivity (Wildman–Crippen MR) is 84.3 cm³/mol. The maximum Gasteiger partial charge on any atom is 0.335 e. The molecule has 1 heterocycles. The summed E-state index contributed by atoms with van der Waals surface area (Å²) >= 11 is 0. The Morgan fingerprint density at radius 1 is 1.23 bits per heavy atom. The number of carboxylic acids is 1. The van der Waals surface area contributed by atoms with E-state index in [0.29, 0.717) is 25.3 Å². The van der Waals surface area contributed by atoms with Crippen LogP contribution in [-0.4, -0.2) is 24.2 Å². The molecule has 0 spiro atoms. The second kappa shape index (κ2) is 6.07. The minimum absolute atomic E-state index is 0.310. The van der Waals surface area contributed by atoms with Gasteiger partial charge in [-0.05, 0) is 35.4 Å². The monoisotopic (exact) mass is 298 g/mol. The Hall–Kier alpha value is -2.53. The number of anilines is 1. The molecule has 0 aromatic heterocycles. The topological polar surface area (TPSA) is 75.8 Å². The average molecular weight is 298 g/mol. The Bertz CT molecular complexity index is 700. The molecule has 114 valence electrons. The van der Waals surface area contributed by atoms with Crippen molar-refractivity contribution in [1.29, 1.82) is 0 Å². The van der Waals surface area contributed by atoms with Crippen molar-refractivity contribution in [3.8, 4) is 5.75 Å². The molecule has 3 rings (SSSR count). The average Bonchev–Trinajstić information content (AvgIpc) is 2.55. The van der Waals surface area contributed by atoms with Gasteiger partial charge in [-0.3, -0.25) is 0 Å². The fraction of sp³-hybridized carbons (Fsp3) is 0.235. The van der Waals surface area contributed by atoms with Crippen LogP contribution in [0, 0.1) is 0 Å². The molecule has 0 amide bonds. The van der Waals surface area contributed by atoms with Gasteiger partial charge in [0.2, 0.25) is 0 Å². The Morgan fingerprint density at radius 3 is 2.86 bits per heavy atom. The number of hydrogen-bond donors (Lipinski definition) is 2. The third-order valence-electron chi connectivity index (χ3n) is 3.77. The van der Waals surface area contributed by atoms with Gasteiger partial charge in [0.1, 0.15) is 12.4 Å². The molecular weight excluding hydrogens is 280 g/mol. The van der Waals surface area contributed by atoms with Crippen molar-refractivity contribution in [2.45, 2.75) is 13.1 Å². The van der Waals surface area contributed by atoms with E-state index in [2.05, 4.69) is 4.90 Å². The Kier molecular flexibility index (Phi) is 3.98. The van der Waals surface area contributed by atoms with Crippen LogP contribution >= 0.6 is 0 Å². The molecule has 5 nitrogen and oxygen atoms in total. The Balaban J connectivity index is 1.85. The van der Waals surface area contributed by atoms with E-state index in [9.17, 15) is 4.79 Å². The summed E-state index contributed by atoms with van der Waals surface area (Å²) in [6, 6.07) is 13.0. The third kappa shape index (κ3) is 2.89. The van der Waals surface area contributed by atoms with E-state index in [-0.39, 0.29) is 0 Å². The van der Waals surface area contributed by atoms with E-state index in [1.165, 1.54) is 0 Å². The maximum absolute atomic E-state index is 11.1. The molecule has 5 heteroatoms. The molecule has 0 atom stereocenters. The van der Waals surface area contributed by atoms with Gasteiger partial charge in [-0.2, -0.15) is 0 Å². The Morgan fingerprint density at radius 2 is 2.09 bits per heavy atom. The predicted octanol–water partition coefficient (Wildman–Crippen LogP) is 2.24. The van der Waals surface area contributed by atoms with E-state index in [1.807, 2.05) is 24.3 Å². The van der Waals surface area contributed by atoms with Crippen LogP contribution in [0.3, 0.4) is 0 Å². The molecule has 2 aromatic carbocycles. The minimum atomic E-state index is -0.906. The van der Waals surface area contributed by atoms with Crippen LogP contribution in [0.2, 0.25) is 0 Å². The molecule has 0 radical (unpaired) electrons. The lowest BCUT2D eigenvalue weighted by molar-refractivity contribution is 0.0696. The molecule has 1 aliphatic rings. The van der Waals surface area contributed by atoms with Gasteiger partial charge in [0.05, 0.1) is 17.8 Å². The van der Waals surface area contributed by atoms with Crippen molar-refractivity contribution < 1.29 is 14.6 Å². The van der Waals surface area contributed by atoms with Crippen molar-refractivity contribution in [3.05, 3.63) is 59.2 Å². The van der Waals surface area contributed by atoms with Crippen LogP contribution in [0.25, 0.3) is 0 Å². The highest BCUT2D eigenvalue weighted by atomic mass is 16.5. The summed E-state index contributed by atoms with van der Waals surface area (Å²) in [7, 11) is 0. The summed E-state index contributed by atoms with van der Waals surface area (Å²) in [6.07, 6.45) is 0. The molecule has 1 aliphatic heterocycles. The van der Waals surface area contributed by atoms with E-state index in [1.54, 1.807) is 18.2 Å². The standard InChI is InChI=1S/C17H18N2O3/c18-10-12-4-5-15-16(9-12)22-7-6-19(15)11-13-2-1-3-14(8-13)17(20)21/h1-5,8-9H,6-7,10-11,18H2,(H,20,21). The van der Waals surface area contributed by atoms with Gasteiger partial charge in [0, 0.05) is 13.1 Å². The summed E-state index contributed by atoms with van der Waals surface area (Å²) in [5.74, 6) is -0.0691. The van der Waals surface area contributed by atoms with E-state index < -0.39 is 5.97 Å². The summed E-state index contributed by atoms with van der Waals surface area (Å²) in [6.45, 7) is 2.52. The lowest BCUT2D eigenvalue weighted by Gasteiger charge is -2.31. The van der Waals surface area contributed by atoms with Crippen LogP contribution in [0.4, 0.5) is 5.69 Å². The molecule has 0 unspecified atom stereocenters. The molecule has 0 aliphatic carbocycles. The fourth-order valence-electron chi connectivity index (χ4n) is 2.64. The number of nitrogens with two attached hydrogens (primary N) is 1. The molecule has 0 saturated carbocycles. The van der Waals surface area contributed by atoms with Gasteiger partial charge in [0.15, 0.2) is 0 Å². The number of hydrogen-bond acceptors (Lipinski definition) is 4. The van der Waals surface area contributed by atoms with Crippen molar-refractivity contribution >= 4 is 11.7 Å². The Labute approximate surface area is 128 Å². The summed E-state index contributed by atoms with van der Waals surface area (Å²) < 4.78 is 5.70. The zero-order chi connectivity index (χ0) is 15.5. The number of benzene rings is 2. The molecule has 3 N–H and O–H groups in total. The lowest BCUT2D eigenvalue weighted by atomic mass is 10.1. The van der Waals surface area contributed by atoms with Crippen LogP contribution < -0.4 is 15.4 Å². The maximum atomic E-state index is 11.1. The first-order chi connectivity index (χ1) is 10.7. The van der Waals surface area contributed by atoms with Crippen molar-refractivity contribution in [3.63, 3.8) is 0 Å². The number of rotatable bonds is 4. The smallest absolute Gasteiger partial charge is 0.335 e. The first-order valence-electron chi connectivity index (χ1n) is 7.20. The SMILES string of the molecule is NCc1ccc2c(c1)OCCN2Cc1cccc(C(=O)O)c1. The van der Waals surface area contributed by atoms with Gasteiger partial charge < -0.3 is 20.5 Å². The van der Waals surface area contributed by atoms with Gasteiger partial charge in [-0.15, -0.1) is 0 Å². The second-order valence-corrected chi connectivity index (χ2v) is 5.28. The third-order valence-corrected chi connectivity index (χ3v) is 3.77. The number of fused-ring (bicyclic) bond motifs is 1. The molecule has 0 fully saturated rings. The van der Waals surface area contributed by atoms with E-state index in [4.69, 9.17) is 15.6 Å². The van der Waals surface area contributed by atoms with Crippen LogP contribution in [0.1, 0.15) is 21.5 Å². The highest BCUT2D eigenvalue weighted by Gasteiger charge is 2.18. The molecule has 0 saturated heterocycles. The zero-order valence-corrected chi connectivity index (χ0v) is 12.2. The molecule has 0 bridgehead atoms. The normalized spacial score (nSPS) is 13.4. The number of ether oxygens (including phenoxy) is 1. The van der Waals surface area contributed by atoms with Crippen molar-refractivity contribution in [2.24, 2.45) is 5.73 Å². The number of carboxylic acid groups (broad SMARTS) is 1. The van der Waals surface area contributed by atoms with Crippen LogP contribution in [0.15, 0.2) is 42.5 Å². The molecule has 22 heavy (non-hydrogen) atoms. The van der Waals surface area contributed by atoms with Gasteiger partial charge >= 0.3 is 5.97 Å². The number of carbonyl (C=O) groups is 1. The van der Waals surface area contributed by atoms with Gasteiger partial charge in [-0.1, -0.05) is 18.2 Å². The van der Waals surface area contributed by atoms with Crippen molar-refractivity contribution in [2.75, 3.05) is 18.1 Å². The molecular formula is C17H18N2O3. The molecule has 2 aromatic rings. The second-order valence-electron chi connectivity index (χ2n) is 5.28. The fourth-order valence-corrected chi connectivity index (χ4v) is 2.64. The van der Waals surface area contributed by atoms with E-state index in [0.717, 1.165) is 29.1 Å². The van der Waals surface area contributed by atoms with Gasteiger partial charge in [-0.25, -0.2) is 4.79 Å². The number of nitrogens with zero attached hydrogens (tertiary/aromatic N) is 1. The van der Waals surface area contributed by atoms with Crippen LogP contribution in [0.5, 0.6) is 5.75 Å². The van der Waals surface area contributed by atoms with E-state index >= 15 is 0 Å². The first-order valence-corrected chi connectivity index (χ1v) is 7.20. The number of aromatic carboxylic acids is 1. The summed E-state index contributed by atoms with van der Waals surface area (Å²) in [5.41, 5.74) is 8.99. The first kappa shape index (κ1) is 14.4. The highest BCUT2D eigenvalue weighted by Crippen LogP contribution is 2.33. The van der Waals surface area contributed by atoms with Crippen molar-refractivity contribution in [1.82, 2.24) is 0 Å². The largest absolute Gasteiger partial charge is 0.490 e.